The zero-order valence-electron chi connectivity index (χ0n) is 10.5. The van der Waals surface area contributed by atoms with E-state index >= 15 is 0 Å². The Hall–Kier alpha value is -1.30. The lowest BCUT2D eigenvalue weighted by Gasteiger charge is -2.23. The van der Waals surface area contributed by atoms with Crippen molar-refractivity contribution in [2.75, 3.05) is 13.1 Å². The molecule has 17 heavy (non-hydrogen) atoms. The van der Waals surface area contributed by atoms with E-state index in [0.29, 0.717) is 6.42 Å². The fourth-order valence-electron chi connectivity index (χ4n) is 1.77. The first-order valence-corrected chi connectivity index (χ1v) is 5.94. The maximum Gasteiger partial charge on any atom is 0.220 e. The Morgan fingerprint density at radius 3 is 2.94 bits per heavy atom. The standard InChI is InChI=1S/C11H22N4O2/c1-11(2,10(12)15-17)5-6-13-7-8-3-4-9(16)14-8/h8,13,17H,3-7H2,1-2H3,(H2,12,15)(H,14,16). The number of carbonyl (C=O) groups is 1. The molecule has 6 nitrogen and oxygen atoms in total. The molecule has 1 aliphatic rings. The molecule has 0 aromatic rings. The zero-order chi connectivity index (χ0) is 12.9. The van der Waals surface area contributed by atoms with Crippen LogP contribution >= 0.6 is 0 Å². The Labute approximate surface area is 102 Å². The van der Waals surface area contributed by atoms with E-state index in [1.165, 1.54) is 0 Å². The number of amidine groups is 1. The smallest absolute Gasteiger partial charge is 0.220 e. The van der Waals surface area contributed by atoms with Crippen LogP contribution in [-0.4, -0.2) is 36.1 Å². The highest BCUT2D eigenvalue weighted by atomic mass is 16.4. The van der Waals surface area contributed by atoms with Gasteiger partial charge in [-0.25, -0.2) is 0 Å². The van der Waals surface area contributed by atoms with Crippen LogP contribution in [0.1, 0.15) is 33.1 Å². The summed E-state index contributed by atoms with van der Waals surface area (Å²) >= 11 is 0. The van der Waals surface area contributed by atoms with Gasteiger partial charge in [-0.05, 0) is 19.4 Å². The number of hydrogen-bond acceptors (Lipinski definition) is 4. The van der Waals surface area contributed by atoms with Gasteiger partial charge < -0.3 is 21.6 Å². The average Bonchev–Trinajstić information content (AvgIpc) is 2.69. The summed E-state index contributed by atoms with van der Waals surface area (Å²) < 4.78 is 0. The first-order chi connectivity index (χ1) is 7.95. The summed E-state index contributed by atoms with van der Waals surface area (Å²) in [5, 5.41) is 17.8. The molecule has 1 fully saturated rings. The summed E-state index contributed by atoms with van der Waals surface area (Å²) in [5.41, 5.74) is 5.27. The molecule has 1 unspecified atom stereocenters. The molecule has 5 N–H and O–H groups in total. The van der Waals surface area contributed by atoms with Crippen LogP contribution in [0.2, 0.25) is 0 Å². The molecule has 98 valence electrons. The van der Waals surface area contributed by atoms with Crippen molar-refractivity contribution >= 4 is 11.7 Å². The number of oxime groups is 1. The fraction of sp³-hybridized carbons (Fsp3) is 0.818. The van der Waals surface area contributed by atoms with Gasteiger partial charge in [-0.1, -0.05) is 19.0 Å². The minimum atomic E-state index is -0.319. The van der Waals surface area contributed by atoms with Crippen molar-refractivity contribution in [1.82, 2.24) is 10.6 Å². The summed E-state index contributed by atoms with van der Waals surface area (Å²) in [7, 11) is 0. The number of carbonyl (C=O) groups excluding carboxylic acids is 1. The van der Waals surface area contributed by atoms with Gasteiger partial charge in [-0.15, -0.1) is 0 Å². The van der Waals surface area contributed by atoms with E-state index in [9.17, 15) is 4.79 Å². The van der Waals surface area contributed by atoms with Gasteiger partial charge in [0, 0.05) is 24.4 Å². The third-order valence-corrected chi connectivity index (χ3v) is 3.20. The predicted molar refractivity (Wildman–Crippen MR) is 65.8 cm³/mol. The van der Waals surface area contributed by atoms with E-state index < -0.39 is 0 Å². The molecule has 0 bridgehead atoms. The molecule has 1 aliphatic heterocycles. The highest BCUT2D eigenvalue weighted by Gasteiger charge is 2.24. The number of nitrogens with one attached hydrogen (secondary N) is 2. The van der Waals surface area contributed by atoms with Crippen LogP contribution in [0.3, 0.4) is 0 Å². The number of nitrogens with two attached hydrogens (primary N) is 1. The summed E-state index contributed by atoms with van der Waals surface area (Å²) in [5.74, 6) is 0.377. The molecule has 0 saturated carbocycles. The van der Waals surface area contributed by atoms with Crippen LogP contribution in [0.5, 0.6) is 0 Å². The first-order valence-electron chi connectivity index (χ1n) is 5.94. The molecule has 0 aromatic heterocycles. The minimum Gasteiger partial charge on any atom is -0.409 e. The Bertz CT molecular complexity index is 302. The molecule has 1 heterocycles. The van der Waals surface area contributed by atoms with Gasteiger partial charge in [0.15, 0.2) is 0 Å². The molecule has 1 amide bonds. The average molecular weight is 242 g/mol. The maximum absolute atomic E-state index is 11.0. The van der Waals surface area contributed by atoms with Gasteiger partial charge in [-0.3, -0.25) is 4.79 Å². The molecular formula is C11H22N4O2. The quantitative estimate of drug-likeness (QED) is 0.173. The van der Waals surface area contributed by atoms with Gasteiger partial charge in [0.25, 0.3) is 0 Å². The van der Waals surface area contributed by atoms with Crippen LogP contribution in [0, 0.1) is 5.41 Å². The lowest BCUT2D eigenvalue weighted by molar-refractivity contribution is -0.119. The fourth-order valence-corrected chi connectivity index (χ4v) is 1.77. The molecule has 1 rings (SSSR count). The third-order valence-electron chi connectivity index (χ3n) is 3.20. The van der Waals surface area contributed by atoms with Crippen molar-refractivity contribution in [2.45, 2.75) is 39.2 Å². The van der Waals surface area contributed by atoms with Crippen molar-refractivity contribution < 1.29 is 10.0 Å². The Morgan fingerprint density at radius 2 is 2.41 bits per heavy atom. The summed E-state index contributed by atoms with van der Waals surface area (Å²) in [4.78, 5) is 11.0. The third kappa shape index (κ3) is 4.22. The second-order valence-electron chi connectivity index (χ2n) is 5.13. The van der Waals surface area contributed by atoms with Crippen LogP contribution in [0.4, 0.5) is 0 Å². The topological polar surface area (TPSA) is 99.7 Å². The molecule has 1 atom stereocenters. The number of rotatable bonds is 6. The van der Waals surface area contributed by atoms with Gasteiger partial charge in [0.1, 0.15) is 5.84 Å². The highest BCUT2D eigenvalue weighted by molar-refractivity contribution is 5.85. The SMILES string of the molecule is CC(C)(CCNCC1CCC(=O)N1)C(N)=NO. The Kier molecular flexibility index (Phi) is 4.74. The molecule has 0 aromatic carbocycles. The number of amides is 1. The molecule has 1 saturated heterocycles. The lowest BCUT2D eigenvalue weighted by Crippen LogP contribution is -2.39. The number of hydrogen-bond donors (Lipinski definition) is 4. The van der Waals surface area contributed by atoms with E-state index in [4.69, 9.17) is 10.9 Å². The van der Waals surface area contributed by atoms with Gasteiger partial charge >= 0.3 is 0 Å². The molecular weight excluding hydrogens is 220 g/mol. The van der Waals surface area contributed by atoms with Crippen LogP contribution < -0.4 is 16.4 Å². The normalized spacial score (nSPS) is 21.6. The number of nitrogens with zero attached hydrogens (tertiary/aromatic N) is 1. The van der Waals surface area contributed by atoms with Gasteiger partial charge in [0.05, 0.1) is 0 Å². The molecule has 0 aliphatic carbocycles. The Balaban J connectivity index is 2.18. The zero-order valence-corrected chi connectivity index (χ0v) is 10.5. The van der Waals surface area contributed by atoms with E-state index in [1.54, 1.807) is 0 Å². The first kappa shape index (κ1) is 13.8. The van der Waals surface area contributed by atoms with E-state index in [0.717, 1.165) is 25.9 Å². The highest BCUT2D eigenvalue weighted by Crippen LogP contribution is 2.19. The lowest BCUT2D eigenvalue weighted by atomic mass is 9.88. The molecule has 6 heteroatoms. The van der Waals surface area contributed by atoms with Gasteiger partial charge in [0.2, 0.25) is 5.91 Å². The van der Waals surface area contributed by atoms with Crippen molar-refractivity contribution in [2.24, 2.45) is 16.3 Å². The van der Waals surface area contributed by atoms with Crippen molar-refractivity contribution in [3.8, 4) is 0 Å². The summed E-state index contributed by atoms with van der Waals surface area (Å²) in [6.07, 6.45) is 2.31. The maximum atomic E-state index is 11.0. The molecule has 0 spiro atoms. The van der Waals surface area contributed by atoms with Crippen LogP contribution in [0.25, 0.3) is 0 Å². The van der Waals surface area contributed by atoms with Crippen molar-refractivity contribution in [1.29, 1.82) is 0 Å². The second kappa shape index (κ2) is 5.86. The Morgan fingerprint density at radius 1 is 1.71 bits per heavy atom. The minimum absolute atomic E-state index is 0.133. The largest absolute Gasteiger partial charge is 0.409 e. The van der Waals surface area contributed by atoms with Gasteiger partial charge in [-0.2, -0.15) is 0 Å². The summed E-state index contributed by atoms with van der Waals surface area (Å²) in [6, 6.07) is 0.245. The second-order valence-corrected chi connectivity index (χ2v) is 5.13. The predicted octanol–water partition coefficient (Wildman–Crippen LogP) is 0.0173. The van der Waals surface area contributed by atoms with Crippen LogP contribution in [0.15, 0.2) is 5.16 Å². The summed E-state index contributed by atoms with van der Waals surface area (Å²) in [6.45, 7) is 5.41. The van der Waals surface area contributed by atoms with Crippen molar-refractivity contribution in [3.63, 3.8) is 0 Å². The van der Waals surface area contributed by atoms with E-state index in [1.807, 2.05) is 13.8 Å². The van der Waals surface area contributed by atoms with E-state index in [-0.39, 0.29) is 23.2 Å². The van der Waals surface area contributed by atoms with Crippen molar-refractivity contribution in [3.05, 3.63) is 0 Å². The molecule has 0 radical (unpaired) electrons. The monoisotopic (exact) mass is 242 g/mol. The van der Waals surface area contributed by atoms with Crippen LogP contribution in [-0.2, 0) is 4.79 Å². The van der Waals surface area contributed by atoms with E-state index in [2.05, 4.69) is 15.8 Å².